The van der Waals surface area contributed by atoms with E-state index in [1.54, 1.807) is 19.3 Å². The van der Waals surface area contributed by atoms with Gasteiger partial charge in [-0.2, -0.15) is 0 Å². The fraction of sp³-hybridized carbons (Fsp3) is 0.195. The van der Waals surface area contributed by atoms with Crippen LogP contribution in [0, 0.1) is 12.8 Å². The lowest BCUT2D eigenvalue weighted by molar-refractivity contribution is 0.104. The molecule has 1 saturated carbocycles. The summed E-state index contributed by atoms with van der Waals surface area (Å²) in [5, 5.41) is 0. The molecule has 0 N–H and O–H groups in total. The molecule has 7 rings (SSSR count). The summed E-state index contributed by atoms with van der Waals surface area (Å²) in [5.74, 6) is 1.68. The van der Waals surface area contributed by atoms with Crippen molar-refractivity contribution < 1.29 is 9.53 Å². The molecule has 0 heterocycles. The Kier molecular flexibility index (Phi) is 9.07. The van der Waals surface area contributed by atoms with Gasteiger partial charge in [0.25, 0.3) is 0 Å². The number of hydrogen-bond donors (Lipinski definition) is 0. The molecule has 2 atom stereocenters. The van der Waals surface area contributed by atoms with Gasteiger partial charge in [0.1, 0.15) is 5.75 Å². The topological polar surface area (TPSA) is 26.3 Å². The van der Waals surface area contributed by atoms with Gasteiger partial charge in [0.05, 0.1) is 7.11 Å². The molecule has 0 saturated heterocycles. The van der Waals surface area contributed by atoms with Crippen LogP contribution in [0.3, 0.4) is 0 Å². The van der Waals surface area contributed by atoms with Gasteiger partial charge in [-0.05, 0) is 82.9 Å². The largest absolute Gasteiger partial charge is 0.496 e. The van der Waals surface area contributed by atoms with Crippen molar-refractivity contribution in [2.75, 3.05) is 7.11 Å². The third-order valence-corrected chi connectivity index (χ3v) is 8.41. The standard InChI is InChI=1S/C20H16O.C19H18O.C2H6/c1-2-8-20(21)19-14-6-5-13-18(19)17-12-4-3-11-16(17)15-9-7-10-15;1-13-10-16(6-7-18(13)20-2)19-9-8-15(11-17(19)12-19)14-4-3-5-14;1-2/h2-14H,1H3;3-11,17H,12H2,1-2H3;1-2H3/b8-2+;;. The van der Waals surface area contributed by atoms with Gasteiger partial charge in [-0.3, -0.25) is 4.79 Å². The smallest absolute Gasteiger partial charge is 0.186 e. The molecule has 2 unspecified atom stereocenters. The van der Waals surface area contributed by atoms with Gasteiger partial charge in [-0.15, -0.1) is 0 Å². The van der Waals surface area contributed by atoms with E-state index in [0.717, 1.165) is 22.4 Å². The second-order valence-corrected chi connectivity index (χ2v) is 10.9. The highest BCUT2D eigenvalue weighted by molar-refractivity contribution is 6.10. The van der Waals surface area contributed by atoms with E-state index in [4.69, 9.17) is 4.74 Å². The van der Waals surface area contributed by atoms with E-state index in [0.29, 0.717) is 5.92 Å². The summed E-state index contributed by atoms with van der Waals surface area (Å²) < 4.78 is 5.36. The van der Waals surface area contributed by atoms with Crippen LogP contribution in [-0.2, 0) is 5.41 Å². The summed E-state index contributed by atoms with van der Waals surface area (Å²) in [6, 6.07) is 22.6. The molecule has 3 aromatic carbocycles. The second kappa shape index (κ2) is 13.1. The highest BCUT2D eigenvalue weighted by atomic mass is 16.5. The number of hydrogen-bond acceptors (Lipinski definition) is 2. The molecule has 0 radical (unpaired) electrons. The number of allylic oxidation sites excluding steroid dienone is 14. The van der Waals surface area contributed by atoms with E-state index < -0.39 is 0 Å². The molecule has 3 aromatic rings. The number of ketones is 1. The SMILES string of the molecule is C/C=C/C(=O)c1ccccc1-c1ccccc1C1=CC=C1.CC.COc1ccc(C23C=CC(C4=CC=C4)=CC2C3)cc1C. The summed E-state index contributed by atoms with van der Waals surface area (Å²) >= 11 is 0. The van der Waals surface area contributed by atoms with Crippen molar-refractivity contribution in [3.63, 3.8) is 0 Å². The Morgan fingerprint density at radius 3 is 2.07 bits per heavy atom. The Balaban J connectivity index is 0.000000162. The second-order valence-electron chi connectivity index (χ2n) is 10.9. The van der Waals surface area contributed by atoms with E-state index >= 15 is 0 Å². The van der Waals surface area contributed by atoms with Crippen molar-refractivity contribution in [3.05, 3.63) is 167 Å². The molecule has 4 aliphatic carbocycles. The first-order valence-corrected chi connectivity index (χ1v) is 15.2. The molecule has 2 heteroatoms. The molecule has 0 aliphatic heterocycles. The quantitative estimate of drug-likeness (QED) is 0.211. The third-order valence-electron chi connectivity index (χ3n) is 8.41. The van der Waals surface area contributed by atoms with Gasteiger partial charge in [0.2, 0.25) is 0 Å². The molecule has 0 aromatic heterocycles. The van der Waals surface area contributed by atoms with E-state index in [-0.39, 0.29) is 11.2 Å². The van der Waals surface area contributed by atoms with Crippen LogP contribution in [0.25, 0.3) is 16.7 Å². The van der Waals surface area contributed by atoms with E-state index in [2.05, 4.69) is 85.9 Å². The predicted octanol–water partition coefficient (Wildman–Crippen LogP) is 10.3. The Labute approximate surface area is 256 Å². The summed E-state index contributed by atoms with van der Waals surface area (Å²) in [5.41, 5.74) is 10.8. The van der Waals surface area contributed by atoms with Crippen LogP contribution in [0.2, 0.25) is 0 Å². The Morgan fingerprint density at radius 2 is 1.49 bits per heavy atom. The van der Waals surface area contributed by atoms with Crippen molar-refractivity contribution >= 4 is 11.4 Å². The van der Waals surface area contributed by atoms with Crippen LogP contribution in [-0.4, -0.2) is 12.9 Å². The zero-order valence-corrected chi connectivity index (χ0v) is 25.8. The van der Waals surface area contributed by atoms with E-state index in [1.807, 2.05) is 63.2 Å². The average molecular weight is 565 g/mol. The molecule has 1 fully saturated rings. The van der Waals surface area contributed by atoms with Crippen molar-refractivity contribution in [1.29, 1.82) is 0 Å². The Bertz CT molecular complexity index is 1740. The normalized spacial score (nSPS) is 20.1. The van der Waals surface area contributed by atoms with E-state index in [9.17, 15) is 4.79 Å². The number of carbonyl (C=O) groups is 1. The molecule has 0 amide bonds. The fourth-order valence-corrected chi connectivity index (χ4v) is 5.90. The lowest BCUT2D eigenvalue weighted by Crippen LogP contribution is -2.10. The first-order valence-electron chi connectivity index (χ1n) is 15.2. The summed E-state index contributed by atoms with van der Waals surface area (Å²) in [4.78, 5) is 12.3. The van der Waals surface area contributed by atoms with Crippen LogP contribution in [0.1, 0.15) is 54.2 Å². The number of aryl methyl sites for hydroxylation is 1. The number of ether oxygens (including phenoxy) is 1. The van der Waals surface area contributed by atoms with Crippen LogP contribution >= 0.6 is 0 Å². The maximum Gasteiger partial charge on any atom is 0.186 e. The van der Waals surface area contributed by atoms with Gasteiger partial charge < -0.3 is 4.74 Å². The maximum atomic E-state index is 12.3. The first kappa shape index (κ1) is 29.8. The van der Waals surface area contributed by atoms with Crippen molar-refractivity contribution in [2.45, 2.75) is 39.5 Å². The Hall–Kier alpha value is -4.69. The van der Waals surface area contributed by atoms with Gasteiger partial charge in [-0.25, -0.2) is 0 Å². The molecule has 2 nitrogen and oxygen atoms in total. The van der Waals surface area contributed by atoms with Gasteiger partial charge in [0.15, 0.2) is 5.78 Å². The summed E-state index contributed by atoms with van der Waals surface area (Å²) in [6.45, 7) is 7.98. The van der Waals surface area contributed by atoms with Crippen LogP contribution in [0.15, 0.2) is 145 Å². The highest BCUT2D eigenvalue weighted by Crippen LogP contribution is 2.59. The lowest BCUT2D eigenvalue weighted by Gasteiger charge is -2.20. The molecular formula is C41H40O2. The minimum atomic E-state index is 0.0426. The number of carbonyl (C=O) groups excluding carboxylic acids is 1. The highest BCUT2D eigenvalue weighted by Gasteiger charge is 2.53. The monoisotopic (exact) mass is 564 g/mol. The minimum absolute atomic E-state index is 0.0426. The van der Waals surface area contributed by atoms with Crippen molar-refractivity contribution in [3.8, 4) is 16.9 Å². The van der Waals surface area contributed by atoms with Gasteiger partial charge >= 0.3 is 0 Å². The Morgan fingerprint density at radius 1 is 0.837 bits per heavy atom. The van der Waals surface area contributed by atoms with Crippen molar-refractivity contribution in [2.24, 2.45) is 5.92 Å². The van der Waals surface area contributed by atoms with E-state index in [1.165, 1.54) is 39.8 Å². The molecular weight excluding hydrogens is 524 g/mol. The molecule has 4 aliphatic rings. The van der Waals surface area contributed by atoms with Crippen LogP contribution in [0.4, 0.5) is 0 Å². The van der Waals surface area contributed by atoms with Gasteiger partial charge in [0, 0.05) is 11.0 Å². The first-order chi connectivity index (χ1) is 21.0. The third kappa shape index (κ3) is 5.96. The fourth-order valence-electron chi connectivity index (χ4n) is 5.90. The van der Waals surface area contributed by atoms with Gasteiger partial charge in [-0.1, -0.05) is 135 Å². The molecule has 0 spiro atoms. The maximum absolute atomic E-state index is 12.3. The summed E-state index contributed by atoms with van der Waals surface area (Å²) in [7, 11) is 1.73. The lowest BCUT2D eigenvalue weighted by atomic mass is 9.85. The molecule has 0 bridgehead atoms. The molecule has 216 valence electrons. The predicted molar refractivity (Wildman–Crippen MR) is 181 cm³/mol. The average Bonchev–Trinajstić information content (AvgIpc) is 3.73. The number of fused-ring (bicyclic) bond motifs is 1. The number of rotatable bonds is 7. The van der Waals surface area contributed by atoms with Crippen LogP contribution in [0.5, 0.6) is 5.75 Å². The van der Waals surface area contributed by atoms with Crippen LogP contribution < -0.4 is 4.74 Å². The zero-order valence-electron chi connectivity index (χ0n) is 25.8. The van der Waals surface area contributed by atoms with Crippen molar-refractivity contribution in [1.82, 2.24) is 0 Å². The molecule has 43 heavy (non-hydrogen) atoms. The zero-order chi connectivity index (χ0) is 30.4. The number of methoxy groups -OCH3 is 1. The minimum Gasteiger partial charge on any atom is -0.496 e. The summed E-state index contributed by atoms with van der Waals surface area (Å²) in [6.07, 6.45) is 24.4. The number of benzene rings is 3.